The summed E-state index contributed by atoms with van der Waals surface area (Å²) in [6.45, 7) is 4.25. The van der Waals surface area contributed by atoms with Crippen LogP contribution in [0, 0.1) is 6.92 Å². The lowest BCUT2D eigenvalue weighted by molar-refractivity contribution is 0.346. The Morgan fingerprint density at radius 1 is 1.31 bits per heavy atom. The molecule has 2 aromatic rings. The van der Waals surface area contributed by atoms with Crippen LogP contribution < -0.4 is 5.32 Å². The lowest BCUT2D eigenvalue weighted by Gasteiger charge is -2.30. The number of aryl methyl sites for hydroxylation is 1. The largest absolute Gasteiger partial charge is 0.325 e. The lowest BCUT2D eigenvalue weighted by Crippen LogP contribution is -2.43. The van der Waals surface area contributed by atoms with Crippen LogP contribution in [0.3, 0.4) is 0 Å². The molecule has 1 aliphatic heterocycles. The first-order valence-corrected chi connectivity index (χ1v) is 5.65. The second-order valence-electron chi connectivity index (χ2n) is 4.31. The maximum atomic E-state index is 4.28. The first-order chi connectivity index (χ1) is 7.86. The smallest absolute Gasteiger partial charge is 0.0954 e. The van der Waals surface area contributed by atoms with Crippen molar-refractivity contribution < 1.29 is 0 Å². The van der Waals surface area contributed by atoms with E-state index < -0.39 is 0 Å². The minimum atomic E-state index is 0.567. The van der Waals surface area contributed by atoms with E-state index >= 15 is 0 Å². The van der Waals surface area contributed by atoms with E-state index in [1.54, 1.807) is 0 Å². The molecule has 1 aliphatic rings. The Morgan fingerprint density at radius 2 is 2.12 bits per heavy atom. The minimum Gasteiger partial charge on any atom is -0.325 e. The summed E-state index contributed by atoms with van der Waals surface area (Å²) in [5.41, 5.74) is 3.81. The fraction of sp³-hybridized carbons (Fsp3) is 0.308. The van der Waals surface area contributed by atoms with E-state index in [0.29, 0.717) is 6.04 Å². The van der Waals surface area contributed by atoms with Crippen LogP contribution in [-0.2, 0) is 0 Å². The van der Waals surface area contributed by atoms with Gasteiger partial charge in [0, 0.05) is 18.7 Å². The van der Waals surface area contributed by atoms with Gasteiger partial charge >= 0.3 is 0 Å². The molecular formula is C13H15N3. The van der Waals surface area contributed by atoms with Crippen LogP contribution in [0.5, 0.6) is 0 Å². The van der Waals surface area contributed by atoms with Crippen molar-refractivity contribution in [2.45, 2.75) is 13.0 Å². The zero-order chi connectivity index (χ0) is 11.0. The summed E-state index contributed by atoms with van der Waals surface area (Å²) in [6.07, 6.45) is 3.90. The molecule has 0 amide bonds. The molecule has 0 spiro atoms. The van der Waals surface area contributed by atoms with Crippen molar-refractivity contribution in [3.05, 3.63) is 42.4 Å². The third kappa shape index (κ3) is 1.44. The van der Waals surface area contributed by atoms with Crippen LogP contribution in [0.1, 0.15) is 11.6 Å². The van der Waals surface area contributed by atoms with Gasteiger partial charge in [-0.05, 0) is 12.5 Å². The summed E-state index contributed by atoms with van der Waals surface area (Å²) in [5.74, 6) is 0. The van der Waals surface area contributed by atoms with Crippen LogP contribution in [-0.4, -0.2) is 22.6 Å². The molecule has 1 fully saturated rings. The van der Waals surface area contributed by atoms with Gasteiger partial charge in [0.25, 0.3) is 0 Å². The van der Waals surface area contributed by atoms with Gasteiger partial charge in [-0.15, -0.1) is 0 Å². The van der Waals surface area contributed by atoms with E-state index in [9.17, 15) is 0 Å². The highest BCUT2D eigenvalue weighted by Gasteiger charge is 2.21. The van der Waals surface area contributed by atoms with Gasteiger partial charge in [-0.3, -0.25) is 0 Å². The second kappa shape index (κ2) is 3.76. The number of hydrogen-bond donors (Lipinski definition) is 1. The van der Waals surface area contributed by atoms with Gasteiger partial charge in [0.2, 0.25) is 0 Å². The van der Waals surface area contributed by atoms with Gasteiger partial charge in [0.05, 0.1) is 24.3 Å². The maximum Gasteiger partial charge on any atom is 0.0954 e. The van der Waals surface area contributed by atoms with Crippen LogP contribution in [0.15, 0.2) is 36.8 Å². The Labute approximate surface area is 95.1 Å². The van der Waals surface area contributed by atoms with Crippen molar-refractivity contribution in [3.63, 3.8) is 0 Å². The van der Waals surface area contributed by atoms with Crippen molar-refractivity contribution >= 4 is 0 Å². The molecule has 1 saturated heterocycles. The number of nitrogens with zero attached hydrogens (tertiary/aromatic N) is 2. The SMILES string of the molecule is Cc1ccccc1-c1cncn1C1CNC1. The molecule has 1 aromatic carbocycles. The average molecular weight is 213 g/mol. The van der Waals surface area contributed by atoms with Crippen molar-refractivity contribution in [3.8, 4) is 11.3 Å². The Kier molecular flexibility index (Phi) is 2.26. The number of benzene rings is 1. The minimum absolute atomic E-state index is 0.567. The highest BCUT2D eigenvalue weighted by atomic mass is 15.2. The Bertz CT molecular complexity index is 497. The molecule has 3 heteroatoms. The molecule has 0 radical (unpaired) electrons. The van der Waals surface area contributed by atoms with Crippen LogP contribution >= 0.6 is 0 Å². The number of hydrogen-bond acceptors (Lipinski definition) is 2. The predicted octanol–water partition coefficient (Wildman–Crippen LogP) is 2.00. The molecule has 0 atom stereocenters. The third-order valence-corrected chi connectivity index (χ3v) is 3.24. The van der Waals surface area contributed by atoms with Crippen molar-refractivity contribution in [2.24, 2.45) is 0 Å². The zero-order valence-electron chi connectivity index (χ0n) is 9.35. The van der Waals surface area contributed by atoms with E-state index in [-0.39, 0.29) is 0 Å². The van der Waals surface area contributed by atoms with Gasteiger partial charge in [-0.2, -0.15) is 0 Å². The molecule has 3 rings (SSSR count). The summed E-state index contributed by atoms with van der Waals surface area (Å²) in [6, 6.07) is 9.03. The number of rotatable bonds is 2. The number of aromatic nitrogens is 2. The molecule has 1 aromatic heterocycles. The summed E-state index contributed by atoms with van der Waals surface area (Å²) in [5, 5.41) is 3.29. The predicted molar refractivity (Wildman–Crippen MR) is 64.3 cm³/mol. The summed E-state index contributed by atoms with van der Waals surface area (Å²) < 4.78 is 2.28. The molecule has 16 heavy (non-hydrogen) atoms. The molecule has 0 saturated carbocycles. The first kappa shape index (κ1) is 9.60. The molecule has 1 N–H and O–H groups in total. The van der Waals surface area contributed by atoms with Crippen LogP contribution in [0.2, 0.25) is 0 Å². The summed E-state index contributed by atoms with van der Waals surface area (Å²) in [4.78, 5) is 4.28. The highest BCUT2D eigenvalue weighted by Crippen LogP contribution is 2.26. The monoisotopic (exact) mass is 213 g/mol. The molecule has 2 heterocycles. The molecule has 0 bridgehead atoms. The quantitative estimate of drug-likeness (QED) is 0.827. The van der Waals surface area contributed by atoms with E-state index in [1.165, 1.54) is 16.8 Å². The first-order valence-electron chi connectivity index (χ1n) is 5.65. The third-order valence-electron chi connectivity index (χ3n) is 3.24. The van der Waals surface area contributed by atoms with Gasteiger partial charge in [-0.1, -0.05) is 24.3 Å². The number of imidazole rings is 1. The number of nitrogens with one attached hydrogen (secondary N) is 1. The van der Waals surface area contributed by atoms with E-state index in [2.05, 4.69) is 46.1 Å². The van der Waals surface area contributed by atoms with E-state index in [0.717, 1.165) is 13.1 Å². The highest BCUT2D eigenvalue weighted by molar-refractivity contribution is 5.63. The van der Waals surface area contributed by atoms with Crippen molar-refractivity contribution in [1.29, 1.82) is 0 Å². The van der Waals surface area contributed by atoms with Gasteiger partial charge < -0.3 is 9.88 Å². The fourth-order valence-corrected chi connectivity index (χ4v) is 2.13. The molecule has 3 nitrogen and oxygen atoms in total. The van der Waals surface area contributed by atoms with Crippen molar-refractivity contribution in [2.75, 3.05) is 13.1 Å². The van der Waals surface area contributed by atoms with E-state index in [1.807, 2.05) is 12.5 Å². The fourth-order valence-electron chi connectivity index (χ4n) is 2.13. The summed E-state index contributed by atoms with van der Waals surface area (Å²) in [7, 11) is 0. The molecule has 82 valence electrons. The average Bonchev–Trinajstić information content (AvgIpc) is 2.65. The topological polar surface area (TPSA) is 29.9 Å². The zero-order valence-corrected chi connectivity index (χ0v) is 9.35. The standard InChI is InChI=1S/C13H15N3/c1-10-4-2-3-5-12(10)13-8-15-9-16(13)11-6-14-7-11/h2-5,8-9,11,14H,6-7H2,1H3. The van der Waals surface area contributed by atoms with Gasteiger partial charge in [-0.25, -0.2) is 4.98 Å². The van der Waals surface area contributed by atoms with Gasteiger partial charge in [0.1, 0.15) is 0 Å². The lowest BCUT2D eigenvalue weighted by atomic mass is 10.1. The van der Waals surface area contributed by atoms with Crippen molar-refractivity contribution in [1.82, 2.24) is 14.9 Å². The Balaban J connectivity index is 2.06. The Morgan fingerprint density at radius 3 is 2.81 bits per heavy atom. The molecule has 0 aliphatic carbocycles. The van der Waals surface area contributed by atoms with Crippen LogP contribution in [0.25, 0.3) is 11.3 Å². The van der Waals surface area contributed by atoms with Gasteiger partial charge in [0.15, 0.2) is 0 Å². The summed E-state index contributed by atoms with van der Waals surface area (Å²) >= 11 is 0. The Hall–Kier alpha value is -1.61. The maximum absolute atomic E-state index is 4.28. The second-order valence-corrected chi connectivity index (χ2v) is 4.31. The van der Waals surface area contributed by atoms with E-state index in [4.69, 9.17) is 0 Å². The van der Waals surface area contributed by atoms with Crippen LogP contribution in [0.4, 0.5) is 0 Å². The normalized spacial score (nSPS) is 16.1. The molecule has 0 unspecified atom stereocenters. The molecular weight excluding hydrogens is 198 g/mol.